The van der Waals surface area contributed by atoms with Crippen molar-refractivity contribution in [2.75, 3.05) is 16.6 Å². The molecule has 1 aliphatic carbocycles. The van der Waals surface area contributed by atoms with E-state index in [2.05, 4.69) is 46.6 Å². The molecule has 2 aliphatic rings. The minimum atomic E-state index is -1.24. The maximum atomic E-state index is 13.3. The summed E-state index contributed by atoms with van der Waals surface area (Å²) < 4.78 is 14.5. The molecule has 3 N–H and O–H groups in total. The Morgan fingerprint density at radius 3 is 2.59 bits per heavy atom. The van der Waals surface area contributed by atoms with Crippen molar-refractivity contribution in [2.45, 2.75) is 56.8 Å². The quantitative estimate of drug-likeness (QED) is 0.437. The first kappa shape index (κ1) is 25.2. The molecule has 1 aromatic heterocycles. The highest BCUT2D eigenvalue weighted by molar-refractivity contribution is 7.84. The number of aryl methyl sites for hydroxylation is 1. The third kappa shape index (κ3) is 5.06. The molecule has 1 fully saturated rings. The van der Waals surface area contributed by atoms with Gasteiger partial charge >= 0.3 is 0 Å². The highest BCUT2D eigenvalue weighted by atomic mass is 32.2. The van der Waals surface area contributed by atoms with Crippen LogP contribution >= 0.6 is 0 Å². The Kier molecular flexibility index (Phi) is 6.45. The van der Waals surface area contributed by atoms with Gasteiger partial charge in [-0.3, -0.25) is 19.4 Å². The number of rotatable bonds is 6. The summed E-state index contributed by atoms with van der Waals surface area (Å²) in [7, 11) is 0.809. The normalized spacial score (nSPS) is 16.4. The van der Waals surface area contributed by atoms with Crippen molar-refractivity contribution >= 4 is 33.8 Å². The van der Waals surface area contributed by atoms with Crippen LogP contribution in [-0.2, 0) is 23.3 Å². The molecule has 1 unspecified atom stereocenters. The first-order valence-electron chi connectivity index (χ1n) is 12.5. The van der Waals surface area contributed by atoms with E-state index in [1.807, 2.05) is 67.8 Å². The predicted octanol–water partition coefficient (Wildman–Crippen LogP) is 4.72. The van der Waals surface area contributed by atoms with E-state index in [-0.39, 0.29) is 11.3 Å². The lowest BCUT2D eigenvalue weighted by molar-refractivity contribution is 0.102. The van der Waals surface area contributed by atoms with Crippen LogP contribution in [0.3, 0.4) is 0 Å². The van der Waals surface area contributed by atoms with Gasteiger partial charge in [0.2, 0.25) is 0 Å². The van der Waals surface area contributed by atoms with Crippen LogP contribution in [0.1, 0.15) is 72.5 Å². The maximum absolute atomic E-state index is 13.3. The highest BCUT2D eigenvalue weighted by Crippen LogP contribution is 2.39. The van der Waals surface area contributed by atoms with Gasteiger partial charge in [-0.2, -0.15) is 0 Å². The molecule has 0 spiro atoms. The van der Waals surface area contributed by atoms with Gasteiger partial charge in [-0.25, -0.2) is 4.98 Å². The smallest absolute Gasteiger partial charge is 0.255 e. The SMILES string of the molecule is Cc1ccc(C(=O)Nc2cc(C(C)(C)C)ccc2S(C)=O)cc1N1C=C(c2cnc(C3CC3)n2C)NN1. The van der Waals surface area contributed by atoms with Gasteiger partial charge in [-0.15, -0.1) is 5.53 Å². The van der Waals surface area contributed by atoms with Gasteiger partial charge in [0.1, 0.15) is 5.82 Å². The maximum Gasteiger partial charge on any atom is 0.255 e. The molecule has 3 aromatic rings. The van der Waals surface area contributed by atoms with Gasteiger partial charge in [-0.05, 0) is 60.6 Å². The average molecular weight is 519 g/mol. The van der Waals surface area contributed by atoms with Crippen LogP contribution in [0.2, 0.25) is 0 Å². The number of hydrogen-bond donors (Lipinski definition) is 3. The van der Waals surface area contributed by atoms with E-state index in [9.17, 15) is 9.00 Å². The molecular weight excluding hydrogens is 484 g/mol. The molecular formula is C28H34N6O2S. The number of amides is 1. The summed E-state index contributed by atoms with van der Waals surface area (Å²) >= 11 is 0. The Hall–Kier alpha value is -3.43. The van der Waals surface area contributed by atoms with Crippen molar-refractivity contribution in [3.63, 3.8) is 0 Å². The average Bonchev–Trinajstić information content (AvgIpc) is 3.44. The third-order valence-corrected chi connectivity index (χ3v) is 7.92. The van der Waals surface area contributed by atoms with Crippen LogP contribution in [-0.4, -0.2) is 25.9 Å². The van der Waals surface area contributed by atoms with Gasteiger partial charge in [0.15, 0.2) is 0 Å². The van der Waals surface area contributed by atoms with Crippen molar-refractivity contribution in [1.82, 2.24) is 20.5 Å². The summed E-state index contributed by atoms with van der Waals surface area (Å²) in [6, 6.07) is 11.3. The van der Waals surface area contributed by atoms with E-state index in [0.717, 1.165) is 34.0 Å². The molecule has 1 aliphatic heterocycles. The number of nitrogens with one attached hydrogen (secondary N) is 3. The summed E-state index contributed by atoms with van der Waals surface area (Å²) in [4.78, 5) is 18.6. The zero-order valence-electron chi connectivity index (χ0n) is 22.2. The molecule has 194 valence electrons. The van der Waals surface area contributed by atoms with Crippen LogP contribution < -0.4 is 21.3 Å². The number of benzene rings is 2. The second-order valence-electron chi connectivity index (χ2n) is 10.9. The number of aromatic nitrogens is 2. The van der Waals surface area contributed by atoms with Gasteiger partial charge < -0.3 is 9.88 Å². The minimum absolute atomic E-state index is 0.101. The fraction of sp³-hybridized carbons (Fsp3) is 0.357. The van der Waals surface area contributed by atoms with Crippen LogP contribution in [0.15, 0.2) is 53.7 Å². The molecule has 0 saturated heterocycles. The largest absolute Gasteiger partial charge is 0.330 e. The number of imidazole rings is 1. The van der Waals surface area contributed by atoms with Crippen molar-refractivity contribution in [3.8, 4) is 0 Å². The number of hydrogen-bond acceptors (Lipinski definition) is 6. The van der Waals surface area contributed by atoms with E-state index in [1.54, 1.807) is 6.26 Å². The summed E-state index contributed by atoms with van der Waals surface area (Å²) in [5.74, 6) is 1.43. The zero-order valence-corrected chi connectivity index (χ0v) is 23.0. The molecule has 1 amide bonds. The Morgan fingerprint density at radius 1 is 1.16 bits per heavy atom. The van der Waals surface area contributed by atoms with Crippen molar-refractivity contribution in [1.29, 1.82) is 0 Å². The first-order valence-corrected chi connectivity index (χ1v) is 14.0. The van der Waals surface area contributed by atoms with Gasteiger partial charge in [0, 0.05) is 24.8 Å². The lowest BCUT2D eigenvalue weighted by Gasteiger charge is -2.21. The molecule has 9 heteroatoms. The lowest BCUT2D eigenvalue weighted by Crippen LogP contribution is -2.36. The predicted molar refractivity (Wildman–Crippen MR) is 149 cm³/mol. The number of anilines is 2. The second-order valence-corrected chi connectivity index (χ2v) is 12.2. The molecule has 5 rings (SSSR count). The fourth-order valence-corrected chi connectivity index (χ4v) is 5.20. The van der Waals surface area contributed by atoms with Gasteiger partial charge in [-0.1, -0.05) is 32.9 Å². The Labute approximate surface area is 220 Å². The number of hydrazine groups is 2. The summed E-state index contributed by atoms with van der Waals surface area (Å²) in [6.45, 7) is 8.34. The standard InChI is InChI=1S/C28H34N6O2S/c1-17-7-8-19(27(35)30-21-14-20(28(2,3)4)11-12-25(21)37(6)36)13-23(17)34-16-22(31-32-34)24-15-29-26(33(24)5)18-9-10-18/h7-8,11-16,18,31-32H,9-10H2,1-6H3,(H,30,35). The molecule has 0 bridgehead atoms. The molecule has 1 atom stereocenters. The summed E-state index contributed by atoms with van der Waals surface area (Å²) in [5.41, 5.74) is 12.2. The molecule has 2 aromatic carbocycles. The third-order valence-electron chi connectivity index (χ3n) is 6.95. The molecule has 8 nitrogen and oxygen atoms in total. The lowest BCUT2D eigenvalue weighted by atomic mass is 9.87. The van der Waals surface area contributed by atoms with E-state index in [1.165, 1.54) is 12.8 Å². The summed E-state index contributed by atoms with van der Waals surface area (Å²) in [6.07, 6.45) is 7.90. The van der Waals surface area contributed by atoms with Gasteiger partial charge in [0.25, 0.3) is 5.91 Å². The highest BCUT2D eigenvalue weighted by Gasteiger charge is 2.29. The summed E-state index contributed by atoms with van der Waals surface area (Å²) in [5, 5.41) is 4.88. The van der Waals surface area contributed by atoms with Crippen LogP contribution in [0.4, 0.5) is 11.4 Å². The Balaban J connectivity index is 1.41. The second kappa shape index (κ2) is 9.46. The van der Waals surface area contributed by atoms with E-state index in [4.69, 9.17) is 0 Å². The van der Waals surface area contributed by atoms with E-state index >= 15 is 0 Å². The van der Waals surface area contributed by atoms with Crippen molar-refractivity contribution < 1.29 is 9.00 Å². The van der Waals surface area contributed by atoms with Crippen molar-refractivity contribution in [3.05, 3.63) is 77.0 Å². The molecule has 37 heavy (non-hydrogen) atoms. The molecule has 1 saturated carbocycles. The van der Waals surface area contributed by atoms with E-state index < -0.39 is 10.8 Å². The van der Waals surface area contributed by atoms with Crippen LogP contribution in [0, 0.1) is 6.92 Å². The first-order chi connectivity index (χ1) is 17.5. The van der Waals surface area contributed by atoms with Crippen LogP contribution in [0.25, 0.3) is 5.70 Å². The number of nitrogens with zero attached hydrogens (tertiary/aromatic N) is 3. The zero-order chi connectivity index (χ0) is 26.5. The van der Waals surface area contributed by atoms with E-state index in [0.29, 0.717) is 22.1 Å². The Bertz CT molecular complexity index is 1430. The fourth-order valence-electron chi connectivity index (χ4n) is 4.52. The monoisotopic (exact) mass is 518 g/mol. The van der Waals surface area contributed by atoms with Crippen molar-refractivity contribution in [2.24, 2.45) is 7.05 Å². The molecule has 0 radical (unpaired) electrons. The molecule has 2 heterocycles. The van der Waals surface area contributed by atoms with Gasteiger partial charge in [0.05, 0.1) is 50.9 Å². The number of carbonyl (C=O) groups is 1. The minimum Gasteiger partial charge on any atom is -0.330 e. The Morgan fingerprint density at radius 2 is 1.92 bits per heavy atom. The van der Waals surface area contributed by atoms with Crippen LogP contribution in [0.5, 0.6) is 0 Å². The topological polar surface area (TPSA) is 91.3 Å². The number of carbonyl (C=O) groups excluding carboxylic acids is 1.